The molecule has 1 aliphatic heterocycles. The van der Waals surface area contributed by atoms with Crippen LogP contribution in [0.2, 0.25) is 5.02 Å². The number of halogens is 4. The van der Waals surface area contributed by atoms with Crippen LogP contribution < -0.4 is 10.6 Å². The largest absolute Gasteiger partial charge is 0.426 e. The van der Waals surface area contributed by atoms with Gasteiger partial charge in [0.05, 0.1) is 20.5 Å². The molecule has 0 radical (unpaired) electrons. The molecule has 2 aromatic rings. The fourth-order valence-corrected chi connectivity index (χ4v) is 4.68. The molecule has 2 aromatic carbocycles. The molecule has 1 saturated heterocycles. The maximum absolute atomic E-state index is 13.0. The molecule has 3 N–H and O–H groups in total. The molecule has 3 rings (SSSR count). The average molecular weight is 520 g/mol. The molecule has 1 heterocycles. The first-order valence-electron chi connectivity index (χ1n) is 10.0. The summed E-state index contributed by atoms with van der Waals surface area (Å²) in [6, 6.07) is 8.37. The molecular weight excluding hydrogens is 499 g/mol. The van der Waals surface area contributed by atoms with Gasteiger partial charge < -0.3 is 20.6 Å². The first-order valence-corrected chi connectivity index (χ1v) is 11.9. The molecule has 1 unspecified atom stereocenters. The van der Waals surface area contributed by atoms with E-state index < -0.39 is 27.5 Å². The molecular formula is C21H21ClF3N3O5S. The number of hydrogen-bond acceptors (Lipinski definition) is 6. The summed E-state index contributed by atoms with van der Waals surface area (Å²) in [5.41, 5.74) is -3.66. The maximum Gasteiger partial charge on any atom is 0.426 e. The molecule has 0 saturated carbocycles. The number of alkyl halides is 3. The summed E-state index contributed by atoms with van der Waals surface area (Å²) >= 11 is 5.99. The summed E-state index contributed by atoms with van der Waals surface area (Å²) in [5.74, 6) is -1.99. The van der Waals surface area contributed by atoms with Crippen LogP contribution in [0.15, 0.2) is 52.3 Å². The zero-order valence-electron chi connectivity index (χ0n) is 17.8. The van der Waals surface area contributed by atoms with Crippen molar-refractivity contribution in [2.24, 2.45) is 0 Å². The number of carbonyl (C=O) groups is 2. The highest BCUT2D eigenvalue weighted by molar-refractivity contribution is 7.91. The van der Waals surface area contributed by atoms with Gasteiger partial charge in [-0.05, 0) is 49.4 Å². The van der Waals surface area contributed by atoms with E-state index >= 15 is 0 Å². The number of carbonyl (C=O) groups excluding carboxylic acids is 2. The summed E-state index contributed by atoms with van der Waals surface area (Å²) in [5, 5.41) is 14.1. The van der Waals surface area contributed by atoms with Crippen molar-refractivity contribution in [3.05, 3.63) is 53.1 Å². The predicted molar refractivity (Wildman–Crippen MR) is 117 cm³/mol. The molecule has 2 amide bonds. The van der Waals surface area contributed by atoms with Crippen molar-refractivity contribution in [1.82, 2.24) is 10.2 Å². The molecule has 0 spiro atoms. The van der Waals surface area contributed by atoms with Crippen LogP contribution in [-0.2, 0) is 14.6 Å². The summed E-state index contributed by atoms with van der Waals surface area (Å²) in [4.78, 5) is 25.6. The van der Waals surface area contributed by atoms with E-state index in [-0.39, 0.29) is 33.3 Å². The topological polar surface area (TPSA) is 116 Å². The average Bonchev–Trinajstić information content (AvgIpc) is 2.79. The van der Waals surface area contributed by atoms with Crippen LogP contribution in [0.1, 0.15) is 17.3 Å². The van der Waals surface area contributed by atoms with Crippen molar-refractivity contribution in [1.29, 1.82) is 0 Å². The van der Waals surface area contributed by atoms with Gasteiger partial charge in [-0.2, -0.15) is 13.2 Å². The van der Waals surface area contributed by atoms with Gasteiger partial charge in [0, 0.05) is 31.7 Å². The second-order valence-electron chi connectivity index (χ2n) is 7.74. The van der Waals surface area contributed by atoms with E-state index in [0.717, 1.165) is 18.2 Å². The van der Waals surface area contributed by atoms with Crippen molar-refractivity contribution >= 4 is 38.9 Å². The van der Waals surface area contributed by atoms with E-state index in [4.69, 9.17) is 11.6 Å². The summed E-state index contributed by atoms with van der Waals surface area (Å²) in [6.07, 6.45) is -5.23. The van der Waals surface area contributed by atoms with Crippen LogP contribution in [0.3, 0.4) is 0 Å². The Morgan fingerprint density at radius 1 is 1.06 bits per heavy atom. The SMILES string of the molecule is CC(O)(C(=O)Nc1ccc(S(=O)(=O)c2ccc(C(=O)N3CCNCC3)cc2)cc1Cl)C(F)(F)F. The Morgan fingerprint density at radius 2 is 1.62 bits per heavy atom. The normalized spacial score (nSPS) is 16.6. The minimum absolute atomic E-state index is 0.128. The van der Waals surface area contributed by atoms with E-state index in [9.17, 15) is 36.3 Å². The lowest BCUT2D eigenvalue weighted by Gasteiger charge is -2.27. The first-order chi connectivity index (χ1) is 15.7. The van der Waals surface area contributed by atoms with Gasteiger partial charge in [-0.3, -0.25) is 9.59 Å². The highest BCUT2D eigenvalue weighted by Gasteiger charge is 2.55. The van der Waals surface area contributed by atoms with Crippen LogP contribution in [0.25, 0.3) is 0 Å². The van der Waals surface area contributed by atoms with Crippen LogP contribution in [-0.4, -0.2) is 68.2 Å². The minimum Gasteiger partial charge on any atom is -0.373 e. The Balaban J connectivity index is 1.79. The fourth-order valence-electron chi connectivity index (χ4n) is 3.10. The van der Waals surface area contributed by atoms with Gasteiger partial charge in [0.25, 0.3) is 11.8 Å². The predicted octanol–water partition coefficient (Wildman–Crippen LogP) is 2.47. The zero-order valence-corrected chi connectivity index (χ0v) is 19.4. The van der Waals surface area contributed by atoms with Gasteiger partial charge in [0.2, 0.25) is 15.4 Å². The molecule has 0 aliphatic carbocycles. The number of benzene rings is 2. The van der Waals surface area contributed by atoms with Crippen LogP contribution in [0.4, 0.5) is 18.9 Å². The smallest absolute Gasteiger partial charge is 0.373 e. The van der Waals surface area contributed by atoms with E-state index in [1.54, 1.807) is 4.90 Å². The van der Waals surface area contributed by atoms with E-state index in [0.29, 0.717) is 31.7 Å². The van der Waals surface area contributed by atoms with Crippen molar-refractivity contribution in [2.45, 2.75) is 28.5 Å². The fraction of sp³-hybridized carbons (Fsp3) is 0.333. The first kappa shape index (κ1) is 25.9. The number of anilines is 1. The number of hydrogen-bond donors (Lipinski definition) is 3. The third-order valence-electron chi connectivity index (χ3n) is 5.31. The van der Waals surface area contributed by atoms with Gasteiger partial charge in [-0.25, -0.2) is 8.42 Å². The summed E-state index contributed by atoms with van der Waals surface area (Å²) in [6.45, 7) is 2.70. The van der Waals surface area contributed by atoms with E-state index in [1.165, 1.54) is 24.3 Å². The van der Waals surface area contributed by atoms with Gasteiger partial charge >= 0.3 is 6.18 Å². The van der Waals surface area contributed by atoms with Crippen LogP contribution in [0, 0.1) is 0 Å². The Bertz CT molecular complexity index is 1200. The van der Waals surface area contributed by atoms with Crippen LogP contribution >= 0.6 is 11.6 Å². The molecule has 0 aromatic heterocycles. The number of amides is 2. The van der Waals surface area contributed by atoms with Crippen molar-refractivity contribution in [3.8, 4) is 0 Å². The second-order valence-corrected chi connectivity index (χ2v) is 10.1. The Labute approximate surface area is 198 Å². The highest BCUT2D eigenvalue weighted by atomic mass is 35.5. The number of piperazine rings is 1. The van der Waals surface area contributed by atoms with E-state index in [1.807, 2.05) is 5.32 Å². The molecule has 0 bridgehead atoms. The lowest BCUT2D eigenvalue weighted by Crippen LogP contribution is -2.52. The number of aliphatic hydroxyl groups is 1. The molecule has 1 atom stereocenters. The maximum atomic E-state index is 13.0. The molecule has 1 fully saturated rings. The zero-order chi connectivity index (χ0) is 25.3. The number of nitrogens with one attached hydrogen (secondary N) is 2. The Hall–Kier alpha value is -2.67. The Morgan fingerprint density at radius 3 is 2.15 bits per heavy atom. The van der Waals surface area contributed by atoms with Gasteiger partial charge in [-0.15, -0.1) is 0 Å². The molecule has 34 heavy (non-hydrogen) atoms. The van der Waals surface area contributed by atoms with Crippen molar-refractivity contribution < 1.29 is 36.3 Å². The monoisotopic (exact) mass is 519 g/mol. The van der Waals surface area contributed by atoms with Gasteiger partial charge in [0.1, 0.15) is 0 Å². The minimum atomic E-state index is -5.23. The van der Waals surface area contributed by atoms with Crippen LogP contribution in [0.5, 0.6) is 0 Å². The quantitative estimate of drug-likeness (QED) is 0.559. The lowest BCUT2D eigenvalue weighted by molar-refractivity contribution is -0.242. The second kappa shape index (κ2) is 9.53. The molecule has 184 valence electrons. The van der Waals surface area contributed by atoms with Crippen molar-refractivity contribution in [3.63, 3.8) is 0 Å². The molecule has 8 nitrogen and oxygen atoms in total. The van der Waals surface area contributed by atoms with Gasteiger partial charge in [0.15, 0.2) is 0 Å². The summed E-state index contributed by atoms with van der Waals surface area (Å²) in [7, 11) is -4.09. The lowest BCUT2D eigenvalue weighted by atomic mass is 10.1. The number of rotatable bonds is 5. The third-order valence-corrected chi connectivity index (χ3v) is 7.39. The molecule has 13 heteroatoms. The number of sulfone groups is 1. The van der Waals surface area contributed by atoms with Crippen molar-refractivity contribution in [2.75, 3.05) is 31.5 Å². The third kappa shape index (κ3) is 5.19. The van der Waals surface area contributed by atoms with E-state index in [2.05, 4.69) is 5.32 Å². The Kier molecular flexibility index (Phi) is 7.27. The summed E-state index contributed by atoms with van der Waals surface area (Å²) < 4.78 is 64.4. The van der Waals surface area contributed by atoms with Gasteiger partial charge in [-0.1, -0.05) is 11.6 Å². The molecule has 1 aliphatic rings. The standard InChI is InChI=1S/C21H21ClF3N3O5S/c1-20(31,21(23,24)25)19(30)27-17-7-6-15(12-16(17)22)34(32,33)14-4-2-13(3-5-14)18(29)28-10-8-26-9-11-28/h2-7,12,26,31H,8-11H2,1H3,(H,27,30). The highest BCUT2D eigenvalue weighted by Crippen LogP contribution is 2.33. The number of nitrogens with zero attached hydrogens (tertiary/aromatic N) is 1.